The second-order valence-corrected chi connectivity index (χ2v) is 11.5. The van der Waals surface area contributed by atoms with Crippen LogP contribution in [0.3, 0.4) is 0 Å². The first kappa shape index (κ1) is 28.2. The summed E-state index contributed by atoms with van der Waals surface area (Å²) in [7, 11) is 0. The number of carboxylic acids is 1. The number of ether oxygens (including phenoxy) is 3. The molecule has 2 fully saturated rings. The number of carbonyl (C=O) groups excluding carboxylic acids is 4. The van der Waals surface area contributed by atoms with Crippen LogP contribution < -0.4 is 0 Å². The minimum Gasteiger partial charge on any atom is -0.481 e. The van der Waals surface area contributed by atoms with Crippen molar-refractivity contribution in [3.8, 4) is 0 Å². The molecule has 2 aliphatic carbocycles. The number of aliphatic carboxylic acids is 1. The second-order valence-electron chi connectivity index (χ2n) is 11.5. The number of Topliss-reactive ketones (excluding diaryl/α,β-unsaturated/α-hetero) is 1. The zero-order valence-electron chi connectivity index (χ0n) is 23.0. The summed E-state index contributed by atoms with van der Waals surface area (Å²) >= 11 is 0. The number of rotatable bonds is 12. The van der Waals surface area contributed by atoms with Crippen molar-refractivity contribution in [1.82, 2.24) is 0 Å². The summed E-state index contributed by atoms with van der Waals surface area (Å²) in [6.45, 7) is 3.86. The average Bonchev–Trinajstić information content (AvgIpc) is 3.25. The fourth-order valence-corrected chi connectivity index (χ4v) is 7.40. The second kappa shape index (κ2) is 10.9. The lowest BCUT2D eigenvalue weighted by Crippen LogP contribution is -2.59. The first-order valence-electron chi connectivity index (χ1n) is 14.3. The number of hydrogen-bond acceptors (Lipinski definition) is 8. The van der Waals surface area contributed by atoms with Gasteiger partial charge in [-0.3, -0.25) is 14.4 Å². The van der Waals surface area contributed by atoms with Gasteiger partial charge < -0.3 is 19.3 Å². The molecule has 214 valence electrons. The van der Waals surface area contributed by atoms with Crippen molar-refractivity contribution < 1.29 is 43.3 Å². The lowest BCUT2D eigenvalue weighted by Gasteiger charge is -2.52. The predicted molar refractivity (Wildman–Crippen MR) is 141 cm³/mol. The molecule has 5 bridgehead atoms. The van der Waals surface area contributed by atoms with Crippen LogP contribution in [0.4, 0.5) is 0 Å². The number of hydrogen-bond donors (Lipinski definition) is 1. The number of carbonyl (C=O) groups is 5. The molecule has 2 saturated heterocycles. The van der Waals surface area contributed by atoms with Crippen molar-refractivity contribution in [3.63, 3.8) is 0 Å². The van der Waals surface area contributed by atoms with E-state index < -0.39 is 53.5 Å². The van der Waals surface area contributed by atoms with Gasteiger partial charge in [-0.1, -0.05) is 43.2 Å². The number of ketones is 1. The Morgan fingerprint density at radius 3 is 2.52 bits per heavy atom. The topological polar surface area (TPSA) is 133 Å². The Morgan fingerprint density at radius 1 is 1.05 bits per heavy atom. The molecule has 0 radical (unpaired) electrons. The van der Waals surface area contributed by atoms with Crippen LogP contribution in [0.1, 0.15) is 78.1 Å². The van der Waals surface area contributed by atoms with Crippen molar-refractivity contribution in [2.45, 2.75) is 89.9 Å². The molecule has 0 amide bonds. The maximum atomic E-state index is 13.7. The van der Waals surface area contributed by atoms with E-state index >= 15 is 0 Å². The Morgan fingerprint density at radius 2 is 1.80 bits per heavy atom. The number of esters is 3. The molecule has 9 nitrogen and oxygen atoms in total. The van der Waals surface area contributed by atoms with E-state index in [1.807, 2.05) is 38.2 Å². The third-order valence-corrected chi connectivity index (χ3v) is 9.11. The van der Waals surface area contributed by atoms with Gasteiger partial charge in [0.25, 0.3) is 0 Å². The predicted octanol–water partition coefficient (Wildman–Crippen LogP) is 4.51. The van der Waals surface area contributed by atoms with Crippen LogP contribution in [0, 0.1) is 23.2 Å². The average molecular weight is 553 g/mol. The maximum absolute atomic E-state index is 13.7. The van der Waals surface area contributed by atoms with Gasteiger partial charge in [0, 0.05) is 18.4 Å². The van der Waals surface area contributed by atoms with Crippen LogP contribution in [-0.4, -0.2) is 46.7 Å². The summed E-state index contributed by atoms with van der Waals surface area (Å²) in [6.07, 6.45) is 13.6. The van der Waals surface area contributed by atoms with Crippen molar-refractivity contribution in [2.24, 2.45) is 23.2 Å². The third-order valence-electron chi connectivity index (χ3n) is 9.11. The van der Waals surface area contributed by atoms with Gasteiger partial charge in [-0.25, -0.2) is 9.59 Å². The molecule has 0 aromatic carbocycles. The van der Waals surface area contributed by atoms with Crippen molar-refractivity contribution in [3.05, 3.63) is 47.1 Å². The number of cyclic esters (lactones) is 2. The number of carboxylic acid groups (broad SMARTS) is 1. The fraction of sp³-hybridized carbons (Fsp3) is 0.581. The quantitative estimate of drug-likeness (QED) is 0.161. The van der Waals surface area contributed by atoms with Crippen molar-refractivity contribution in [2.75, 3.05) is 0 Å². The Hall–Kier alpha value is -3.33. The SMILES string of the molecule is C/C=C/CCCCC[C@@H]1C=C2[C@]3(CC(=O)O)CC4=C(C(=O)OC4=O)[C@@H]4[C@H]1C[C@H](C(=O)CC/C=C/C)O[C@@]24OC3=O. The van der Waals surface area contributed by atoms with Gasteiger partial charge >= 0.3 is 23.9 Å². The highest BCUT2D eigenvalue weighted by Gasteiger charge is 2.75. The highest BCUT2D eigenvalue weighted by Crippen LogP contribution is 2.67. The molecular formula is C31H36O9. The van der Waals surface area contributed by atoms with Gasteiger partial charge in [-0.05, 0) is 57.8 Å². The van der Waals surface area contributed by atoms with Gasteiger partial charge in [-0.15, -0.1) is 0 Å². The molecule has 3 heterocycles. The van der Waals surface area contributed by atoms with Gasteiger partial charge in [0.15, 0.2) is 5.78 Å². The zero-order chi connectivity index (χ0) is 28.7. The molecule has 1 N–H and O–H groups in total. The molecule has 40 heavy (non-hydrogen) atoms. The molecule has 5 aliphatic rings. The molecule has 9 heteroatoms. The Labute approximate surface area is 233 Å². The molecule has 6 atom stereocenters. The van der Waals surface area contributed by atoms with Crippen LogP contribution in [0.5, 0.6) is 0 Å². The fourth-order valence-electron chi connectivity index (χ4n) is 7.40. The molecular weight excluding hydrogens is 516 g/mol. The van der Waals surface area contributed by atoms with Crippen LogP contribution in [0.15, 0.2) is 47.1 Å². The summed E-state index contributed by atoms with van der Waals surface area (Å²) in [4.78, 5) is 65.1. The Kier molecular flexibility index (Phi) is 7.70. The van der Waals surface area contributed by atoms with E-state index in [2.05, 4.69) is 6.08 Å². The van der Waals surface area contributed by atoms with E-state index in [0.717, 1.165) is 32.1 Å². The Bertz CT molecular complexity index is 1250. The van der Waals surface area contributed by atoms with Crippen LogP contribution in [-0.2, 0) is 38.2 Å². The first-order valence-corrected chi connectivity index (χ1v) is 14.3. The minimum absolute atomic E-state index is 0.0270. The molecule has 3 aliphatic heterocycles. The van der Waals surface area contributed by atoms with E-state index in [4.69, 9.17) is 14.2 Å². The smallest absolute Gasteiger partial charge is 0.343 e. The zero-order valence-corrected chi connectivity index (χ0v) is 23.0. The van der Waals surface area contributed by atoms with E-state index in [1.54, 1.807) is 0 Å². The van der Waals surface area contributed by atoms with Gasteiger partial charge in [-0.2, -0.15) is 0 Å². The number of allylic oxidation sites excluding steroid dienone is 5. The molecule has 5 rings (SSSR count). The van der Waals surface area contributed by atoms with E-state index in [0.29, 0.717) is 18.4 Å². The molecule has 0 unspecified atom stereocenters. The summed E-state index contributed by atoms with van der Waals surface area (Å²) in [6, 6.07) is 0. The van der Waals surface area contributed by atoms with E-state index in [1.165, 1.54) is 0 Å². The highest BCUT2D eigenvalue weighted by molar-refractivity contribution is 6.14. The normalized spacial score (nSPS) is 34.1. The van der Waals surface area contributed by atoms with Gasteiger partial charge in [0.1, 0.15) is 11.5 Å². The summed E-state index contributed by atoms with van der Waals surface area (Å²) in [5.41, 5.74) is -1.25. The van der Waals surface area contributed by atoms with Crippen LogP contribution >= 0.6 is 0 Å². The Balaban J connectivity index is 1.60. The van der Waals surface area contributed by atoms with Crippen molar-refractivity contribution in [1.29, 1.82) is 0 Å². The maximum Gasteiger partial charge on any atom is 0.343 e. The molecule has 0 saturated carbocycles. The molecule has 0 aromatic heterocycles. The lowest BCUT2D eigenvalue weighted by atomic mass is 9.59. The first-order chi connectivity index (χ1) is 19.2. The van der Waals surface area contributed by atoms with Crippen LogP contribution in [0.2, 0.25) is 0 Å². The van der Waals surface area contributed by atoms with Crippen LogP contribution in [0.25, 0.3) is 0 Å². The third kappa shape index (κ3) is 4.48. The van der Waals surface area contributed by atoms with Gasteiger partial charge in [0.2, 0.25) is 5.79 Å². The highest BCUT2D eigenvalue weighted by atomic mass is 16.7. The molecule has 0 aromatic rings. The lowest BCUT2D eigenvalue weighted by molar-refractivity contribution is -0.268. The number of unbranched alkanes of at least 4 members (excludes halogenated alkanes) is 3. The van der Waals surface area contributed by atoms with Crippen molar-refractivity contribution >= 4 is 29.7 Å². The summed E-state index contributed by atoms with van der Waals surface area (Å²) in [5.74, 6) is -7.03. The molecule has 1 spiro atoms. The summed E-state index contributed by atoms with van der Waals surface area (Å²) < 4.78 is 17.4. The van der Waals surface area contributed by atoms with E-state index in [-0.39, 0.29) is 41.6 Å². The monoisotopic (exact) mass is 552 g/mol. The minimum atomic E-state index is -1.82. The summed E-state index contributed by atoms with van der Waals surface area (Å²) in [5, 5.41) is 9.90. The van der Waals surface area contributed by atoms with Gasteiger partial charge in [0.05, 0.1) is 23.5 Å². The standard InChI is InChI=1S/C31H36O9/c1-3-5-7-8-9-11-12-18-14-23-30(17-24(33)34)16-20-25(28(36)38-27(20)35)26-19(18)15-22(21(32)13-10-6-4-2)39-31(23,26)40-29(30)37/h3-6,14,18-19,22,26H,7-13,15-17H2,1-2H3,(H,33,34)/b5-3+,6-4+/t18-,19+,22-,26+,30-,31-/m1/s1. The van der Waals surface area contributed by atoms with E-state index in [9.17, 15) is 29.1 Å². The largest absolute Gasteiger partial charge is 0.481 e.